The predicted octanol–water partition coefficient (Wildman–Crippen LogP) is 3.81. The van der Waals surface area contributed by atoms with Gasteiger partial charge in [0.1, 0.15) is 12.7 Å². The minimum atomic E-state index is -0.424. The Labute approximate surface area is 184 Å². The van der Waals surface area contributed by atoms with Gasteiger partial charge in [-0.2, -0.15) is 0 Å². The Kier molecular flexibility index (Phi) is 5.63. The number of fused-ring (bicyclic) bond motifs is 5. The van der Waals surface area contributed by atoms with Crippen LogP contribution in [0.5, 0.6) is 0 Å². The highest BCUT2D eigenvalue weighted by atomic mass is 16.5. The number of rotatable bonds is 4. The molecule has 31 heavy (non-hydrogen) atoms. The van der Waals surface area contributed by atoms with Crippen LogP contribution in [0.25, 0.3) is 0 Å². The molecule has 0 unspecified atom stereocenters. The third-order valence-corrected chi connectivity index (χ3v) is 9.07. The van der Waals surface area contributed by atoms with Gasteiger partial charge in [-0.15, -0.1) is 0 Å². The van der Waals surface area contributed by atoms with Gasteiger partial charge in [0, 0.05) is 26.2 Å². The minimum absolute atomic E-state index is 0.0288. The molecule has 6 heteroatoms. The molecular formula is C25H34O6. The molecule has 0 aromatic heterocycles. The summed E-state index contributed by atoms with van der Waals surface area (Å²) in [5, 5.41) is 0. The molecular weight excluding hydrogens is 396 g/mol. The van der Waals surface area contributed by atoms with E-state index in [2.05, 4.69) is 13.8 Å². The first kappa shape index (κ1) is 22.2. The van der Waals surface area contributed by atoms with E-state index in [9.17, 15) is 19.2 Å². The molecule has 3 saturated carbocycles. The second kappa shape index (κ2) is 7.86. The Hall–Kier alpha value is -1.98. The summed E-state index contributed by atoms with van der Waals surface area (Å²) in [5.41, 5.74) is 0.739. The maximum absolute atomic E-state index is 12.9. The number of hydrogen-bond donors (Lipinski definition) is 0. The summed E-state index contributed by atoms with van der Waals surface area (Å²) in [6.45, 7) is 7.10. The number of carbonyl (C=O) groups is 4. The monoisotopic (exact) mass is 430 g/mol. The van der Waals surface area contributed by atoms with Crippen molar-refractivity contribution in [3.05, 3.63) is 11.6 Å². The second-order valence-electron chi connectivity index (χ2n) is 10.6. The van der Waals surface area contributed by atoms with E-state index in [1.54, 1.807) is 6.08 Å². The van der Waals surface area contributed by atoms with Crippen molar-refractivity contribution in [3.8, 4) is 0 Å². The van der Waals surface area contributed by atoms with Gasteiger partial charge in [0.25, 0.3) is 0 Å². The zero-order chi connectivity index (χ0) is 22.6. The molecule has 0 aromatic rings. The molecule has 7 atom stereocenters. The number of Topliss-reactive ketones (excluding diaryl/α,β-unsaturated/α-hetero) is 1. The van der Waals surface area contributed by atoms with Crippen LogP contribution in [0.1, 0.15) is 72.6 Å². The van der Waals surface area contributed by atoms with Crippen molar-refractivity contribution in [1.29, 1.82) is 0 Å². The Morgan fingerprint density at radius 3 is 2.45 bits per heavy atom. The Bertz CT molecular complexity index is 843. The number of carbonyl (C=O) groups excluding carboxylic acids is 4. The molecule has 4 aliphatic carbocycles. The highest BCUT2D eigenvalue weighted by molar-refractivity contribution is 5.92. The average Bonchev–Trinajstić information content (AvgIpc) is 3.04. The quantitative estimate of drug-likeness (QED) is 0.631. The van der Waals surface area contributed by atoms with Crippen LogP contribution in [-0.4, -0.2) is 36.2 Å². The van der Waals surface area contributed by atoms with Crippen LogP contribution < -0.4 is 0 Å². The SMILES string of the molecule is CC(=O)OCC(=O)[C@@H]1CC[C@@H]2[C@@H]3C[C@H](OC(C)=O)C4=CC(=O)CC[C@]4(C)[C@H]3CC[C@]21C. The first-order valence-electron chi connectivity index (χ1n) is 11.6. The predicted molar refractivity (Wildman–Crippen MR) is 113 cm³/mol. The lowest BCUT2D eigenvalue weighted by Gasteiger charge is -2.59. The molecule has 4 rings (SSSR count). The van der Waals surface area contributed by atoms with Crippen molar-refractivity contribution in [2.45, 2.75) is 78.7 Å². The van der Waals surface area contributed by atoms with Crippen molar-refractivity contribution in [3.63, 3.8) is 0 Å². The van der Waals surface area contributed by atoms with Gasteiger partial charge in [0.15, 0.2) is 11.6 Å². The summed E-state index contributed by atoms with van der Waals surface area (Å²) in [5.74, 6) is 0.469. The fraction of sp³-hybridized carbons (Fsp3) is 0.760. The third-order valence-electron chi connectivity index (χ3n) is 9.07. The van der Waals surface area contributed by atoms with Gasteiger partial charge in [0.2, 0.25) is 0 Å². The van der Waals surface area contributed by atoms with Gasteiger partial charge < -0.3 is 9.47 Å². The van der Waals surface area contributed by atoms with Gasteiger partial charge in [-0.05, 0) is 78.8 Å². The van der Waals surface area contributed by atoms with Gasteiger partial charge >= 0.3 is 11.9 Å². The second-order valence-corrected chi connectivity index (χ2v) is 10.6. The molecule has 0 aliphatic heterocycles. The zero-order valence-corrected chi connectivity index (χ0v) is 19.1. The maximum Gasteiger partial charge on any atom is 0.303 e. The summed E-state index contributed by atoms with van der Waals surface area (Å²) in [4.78, 5) is 48.2. The Balaban J connectivity index is 1.63. The summed E-state index contributed by atoms with van der Waals surface area (Å²) in [6, 6.07) is 0. The maximum atomic E-state index is 12.9. The molecule has 0 aromatic carbocycles. The van der Waals surface area contributed by atoms with E-state index in [1.165, 1.54) is 13.8 Å². The smallest absolute Gasteiger partial charge is 0.303 e. The molecule has 0 bridgehead atoms. The summed E-state index contributed by atoms with van der Waals surface area (Å²) >= 11 is 0. The number of hydrogen-bond acceptors (Lipinski definition) is 6. The van der Waals surface area contributed by atoms with Gasteiger partial charge in [0.05, 0.1) is 0 Å². The van der Waals surface area contributed by atoms with Crippen molar-refractivity contribution >= 4 is 23.5 Å². The lowest BCUT2D eigenvalue weighted by Crippen LogP contribution is -2.55. The van der Waals surface area contributed by atoms with Crippen LogP contribution in [0, 0.1) is 34.5 Å². The molecule has 4 aliphatic rings. The molecule has 6 nitrogen and oxygen atoms in total. The van der Waals surface area contributed by atoms with Crippen LogP contribution in [0.4, 0.5) is 0 Å². The van der Waals surface area contributed by atoms with E-state index < -0.39 is 5.97 Å². The molecule has 0 spiro atoms. The van der Waals surface area contributed by atoms with Crippen LogP contribution in [0.2, 0.25) is 0 Å². The highest BCUT2D eigenvalue weighted by Gasteiger charge is 2.62. The van der Waals surface area contributed by atoms with Gasteiger partial charge in [-0.1, -0.05) is 13.8 Å². The fourth-order valence-electron chi connectivity index (χ4n) is 7.69. The molecule has 0 N–H and O–H groups in total. The summed E-state index contributed by atoms with van der Waals surface area (Å²) < 4.78 is 10.8. The van der Waals surface area contributed by atoms with Crippen molar-refractivity contribution in [2.75, 3.05) is 6.61 Å². The Morgan fingerprint density at radius 1 is 1.03 bits per heavy atom. The summed E-state index contributed by atoms with van der Waals surface area (Å²) in [6.07, 6.45) is 7.22. The lowest BCUT2D eigenvalue weighted by atomic mass is 9.46. The van der Waals surface area contributed by atoms with Gasteiger partial charge in [-0.25, -0.2) is 0 Å². The number of esters is 2. The van der Waals surface area contributed by atoms with E-state index in [0.29, 0.717) is 24.2 Å². The number of ketones is 2. The van der Waals surface area contributed by atoms with Crippen LogP contribution in [0.3, 0.4) is 0 Å². The van der Waals surface area contributed by atoms with E-state index in [1.807, 2.05) is 0 Å². The third kappa shape index (κ3) is 3.66. The summed E-state index contributed by atoms with van der Waals surface area (Å²) in [7, 11) is 0. The first-order chi connectivity index (χ1) is 14.6. The van der Waals surface area contributed by atoms with E-state index in [4.69, 9.17) is 9.47 Å². The van der Waals surface area contributed by atoms with E-state index in [-0.39, 0.29) is 47.0 Å². The fourth-order valence-corrected chi connectivity index (χ4v) is 7.69. The molecule has 0 saturated heterocycles. The van der Waals surface area contributed by atoms with Crippen LogP contribution in [0.15, 0.2) is 11.6 Å². The zero-order valence-electron chi connectivity index (χ0n) is 19.1. The van der Waals surface area contributed by atoms with Crippen molar-refractivity contribution in [2.24, 2.45) is 34.5 Å². The Morgan fingerprint density at radius 2 is 1.77 bits per heavy atom. The molecule has 0 amide bonds. The van der Waals surface area contributed by atoms with Crippen LogP contribution in [-0.2, 0) is 28.7 Å². The topological polar surface area (TPSA) is 86.7 Å². The van der Waals surface area contributed by atoms with E-state index >= 15 is 0 Å². The van der Waals surface area contributed by atoms with E-state index in [0.717, 1.165) is 44.1 Å². The lowest BCUT2D eigenvalue weighted by molar-refractivity contribution is -0.155. The molecule has 3 fully saturated rings. The molecule has 0 radical (unpaired) electrons. The highest BCUT2D eigenvalue weighted by Crippen LogP contribution is 2.67. The van der Waals surface area contributed by atoms with Crippen molar-refractivity contribution in [1.82, 2.24) is 0 Å². The minimum Gasteiger partial charge on any atom is -0.458 e. The largest absolute Gasteiger partial charge is 0.458 e. The molecule has 170 valence electrons. The normalized spacial score (nSPS) is 41.4. The first-order valence-corrected chi connectivity index (χ1v) is 11.6. The standard InChI is InChI=1S/C25H34O6/c1-14(26)30-13-22(29)20-6-5-18-17-12-23(31-15(2)27)21-11-16(28)7-9-25(21,4)19(17)8-10-24(18,20)3/h11,17-20,23H,5-10,12-13H2,1-4H3/t17-,18+,19-,20-,23-,24+,25+/m0/s1. The number of ether oxygens (including phenoxy) is 2. The van der Waals surface area contributed by atoms with Gasteiger partial charge in [-0.3, -0.25) is 19.2 Å². The van der Waals surface area contributed by atoms with Crippen molar-refractivity contribution < 1.29 is 28.7 Å². The average molecular weight is 431 g/mol. The molecule has 0 heterocycles. The van der Waals surface area contributed by atoms with Crippen LogP contribution >= 0.6 is 0 Å².